The molecule has 1 aliphatic rings. The van der Waals surface area contributed by atoms with E-state index >= 15 is 0 Å². The second kappa shape index (κ2) is 11.3. The first-order chi connectivity index (χ1) is 16.7. The third-order valence-corrected chi connectivity index (χ3v) is 7.57. The normalized spacial score (nSPS) is 14.8. The summed E-state index contributed by atoms with van der Waals surface area (Å²) in [5.41, 5.74) is 0.132. The van der Waals surface area contributed by atoms with E-state index < -0.39 is 32.8 Å². The van der Waals surface area contributed by atoms with Gasteiger partial charge in [0.25, 0.3) is 11.8 Å². The summed E-state index contributed by atoms with van der Waals surface area (Å²) in [6.45, 7) is 2.68. The number of sulfone groups is 1. The standard InChI is InChI=1S/C24H28FN3O6S/c1-3-4-21(29)27-13-15-28(16-14-27)24(31)23(35(32,33)20-11-7-18(25)8-12-20)26-22(30)17-5-9-19(34-2)10-6-17/h5-12,23H,3-4,13-16H2,1-2H3,(H,26,30). The number of nitrogens with zero attached hydrogens (tertiary/aromatic N) is 2. The van der Waals surface area contributed by atoms with Crippen molar-refractivity contribution in [1.29, 1.82) is 0 Å². The monoisotopic (exact) mass is 505 g/mol. The Labute approximate surface area is 203 Å². The molecule has 1 N–H and O–H groups in total. The lowest BCUT2D eigenvalue weighted by Crippen LogP contribution is -2.57. The van der Waals surface area contributed by atoms with Gasteiger partial charge in [-0.2, -0.15) is 0 Å². The van der Waals surface area contributed by atoms with Crippen molar-refractivity contribution in [3.05, 3.63) is 59.9 Å². The van der Waals surface area contributed by atoms with Crippen molar-refractivity contribution in [3.63, 3.8) is 0 Å². The van der Waals surface area contributed by atoms with Gasteiger partial charge in [-0.15, -0.1) is 0 Å². The van der Waals surface area contributed by atoms with Crippen molar-refractivity contribution in [2.24, 2.45) is 0 Å². The highest BCUT2D eigenvalue weighted by Gasteiger charge is 2.39. The zero-order valence-electron chi connectivity index (χ0n) is 19.6. The van der Waals surface area contributed by atoms with Gasteiger partial charge in [0.15, 0.2) is 0 Å². The zero-order chi connectivity index (χ0) is 25.6. The summed E-state index contributed by atoms with van der Waals surface area (Å²) in [5.74, 6) is -1.75. The molecule has 35 heavy (non-hydrogen) atoms. The lowest BCUT2D eigenvalue weighted by atomic mass is 10.2. The van der Waals surface area contributed by atoms with Crippen LogP contribution in [0.1, 0.15) is 30.1 Å². The van der Waals surface area contributed by atoms with Crippen molar-refractivity contribution >= 4 is 27.6 Å². The number of ether oxygens (including phenoxy) is 1. The van der Waals surface area contributed by atoms with Crippen molar-refractivity contribution in [3.8, 4) is 5.75 Å². The van der Waals surface area contributed by atoms with E-state index in [1.807, 2.05) is 6.92 Å². The van der Waals surface area contributed by atoms with Crippen LogP contribution in [0.4, 0.5) is 4.39 Å². The number of nitrogens with one attached hydrogen (secondary N) is 1. The predicted octanol–water partition coefficient (Wildman–Crippen LogP) is 1.84. The SMILES string of the molecule is CCCC(=O)N1CCN(C(=O)C(NC(=O)c2ccc(OC)cc2)S(=O)(=O)c2ccc(F)cc2)CC1. The van der Waals surface area contributed by atoms with Gasteiger partial charge < -0.3 is 19.9 Å². The number of benzene rings is 2. The van der Waals surface area contributed by atoms with Crippen LogP contribution in [0.5, 0.6) is 5.75 Å². The maximum Gasteiger partial charge on any atom is 0.261 e. The fourth-order valence-electron chi connectivity index (χ4n) is 3.69. The van der Waals surface area contributed by atoms with Gasteiger partial charge in [-0.05, 0) is 55.0 Å². The Morgan fingerprint density at radius 3 is 2.09 bits per heavy atom. The van der Waals surface area contributed by atoms with Gasteiger partial charge in [0.2, 0.25) is 21.1 Å². The molecule has 1 atom stereocenters. The second-order valence-corrected chi connectivity index (χ2v) is 10.1. The average Bonchev–Trinajstić information content (AvgIpc) is 2.87. The summed E-state index contributed by atoms with van der Waals surface area (Å²) in [4.78, 5) is 41.1. The summed E-state index contributed by atoms with van der Waals surface area (Å²) in [7, 11) is -2.95. The van der Waals surface area contributed by atoms with E-state index in [0.717, 1.165) is 24.3 Å². The molecule has 188 valence electrons. The molecule has 1 aliphatic heterocycles. The third-order valence-electron chi connectivity index (χ3n) is 5.70. The Kier molecular flexibility index (Phi) is 8.44. The smallest absolute Gasteiger partial charge is 0.261 e. The quantitative estimate of drug-likeness (QED) is 0.548. The van der Waals surface area contributed by atoms with E-state index in [9.17, 15) is 27.2 Å². The Hall–Kier alpha value is -3.47. The molecule has 9 nitrogen and oxygen atoms in total. The van der Waals surface area contributed by atoms with E-state index in [2.05, 4.69) is 5.32 Å². The van der Waals surface area contributed by atoms with Crippen LogP contribution >= 0.6 is 0 Å². The fraction of sp³-hybridized carbons (Fsp3) is 0.375. The number of piperazine rings is 1. The van der Waals surface area contributed by atoms with Crippen LogP contribution in [0, 0.1) is 5.82 Å². The molecular weight excluding hydrogens is 477 g/mol. The van der Waals surface area contributed by atoms with Gasteiger partial charge in [-0.3, -0.25) is 14.4 Å². The first-order valence-corrected chi connectivity index (χ1v) is 12.7. The molecule has 1 fully saturated rings. The maximum atomic E-state index is 13.4. The molecule has 1 unspecified atom stereocenters. The summed E-state index contributed by atoms with van der Waals surface area (Å²) in [6.07, 6.45) is 1.10. The molecule has 3 amide bonds. The van der Waals surface area contributed by atoms with E-state index in [1.165, 1.54) is 36.3 Å². The highest BCUT2D eigenvalue weighted by molar-refractivity contribution is 7.92. The lowest BCUT2D eigenvalue weighted by molar-refractivity contribution is -0.139. The average molecular weight is 506 g/mol. The van der Waals surface area contributed by atoms with Crippen molar-refractivity contribution in [2.45, 2.75) is 30.0 Å². The third kappa shape index (κ3) is 6.16. The fourth-order valence-corrected chi connectivity index (χ4v) is 5.16. The van der Waals surface area contributed by atoms with Gasteiger partial charge in [-0.1, -0.05) is 6.92 Å². The Morgan fingerprint density at radius 2 is 1.54 bits per heavy atom. The first kappa shape index (κ1) is 26.1. The van der Waals surface area contributed by atoms with Crippen molar-refractivity contribution in [2.75, 3.05) is 33.3 Å². The second-order valence-electron chi connectivity index (χ2n) is 8.04. The Balaban J connectivity index is 1.86. The van der Waals surface area contributed by atoms with Gasteiger partial charge in [0.1, 0.15) is 11.6 Å². The summed E-state index contributed by atoms with van der Waals surface area (Å²) < 4.78 is 45.2. The predicted molar refractivity (Wildman–Crippen MR) is 126 cm³/mol. The topological polar surface area (TPSA) is 113 Å². The van der Waals surface area contributed by atoms with Gasteiger partial charge >= 0.3 is 0 Å². The molecule has 0 bridgehead atoms. The highest BCUT2D eigenvalue weighted by Crippen LogP contribution is 2.19. The number of hydrogen-bond acceptors (Lipinski definition) is 6. The summed E-state index contributed by atoms with van der Waals surface area (Å²) in [5, 5.41) is 0.412. The molecule has 1 saturated heterocycles. The van der Waals surface area contributed by atoms with Crippen LogP contribution in [0.15, 0.2) is 53.4 Å². The molecule has 11 heteroatoms. The Bertz CT molecular complexity index is 1160. The van der Waals surface area contributed by atoms with Crippen LogP contribution in [0.2, 0.25) is 0 Å². The van der Waals surface area contributed by atoms with E-state index in [1.54, 1.807) is 4.90 Å². The van der Waals surface area contributed by atoms with Crippen LogP contribution in [0.3, 0.4) is 0 Å². The van der Waals surface area contributed by atoms with Crippen molar-refractivity contribution < 1.29 is 31.9 Å². The van der Waals surface area contributed by atoms with Gasteiger partial charge in [0.05, 0.1) is 12.0 Å². The number of methoxy groups -OCH3 is 1. The number of carbonyl (C=O) groups excluding carboxylic acids is 3. The summed E-state index contributed by atoms with van der Waals surface area (Å²) >= 11 is 0. The molecule has 0 radical (unpaired) electrons. The molecular formula is C24H28FN3O6S. The molecule has 2 aromatic rings. The van der Waals surface area contributed by atoms with Crippen LogP contribution < -0.4 is 10.1 Å². The molecule has 0 aliphatic carbocycles. The number of rotatable bonds is 8. The first-order valence-electron chi connectivity index (χ1n) is 11.2. The molecule has 1 heterocycles. The van der Waals surface area contributed by atoms with Crippen LogP contribution in [0.25, 0.3) is 0 Å². The molecule has 3 rings (SSSR count). The van der Waals surface area contributed by atoms with E-state index in [0.29, 0.717) is 18.6 Å². The van der Waals surface area contributed by atoms with E-state index in [4.69, 9.17) is 4.74 Å². The highest BCUT2D eigenvalue weighted by atomic mass is 32.2. The van der Waals surface area contributed by atoms with Crippen LogP contribution in [-0.4, -0.2) is 74.6 Å². The van der Waals surface area contributed by atoms with Gasteiger partial charge in [-0.25, -0.2) is 12.8 Å². The largest absolute Gasteiger partial charge is 0.497 e. The zero-order valence-corrected chi connectivity index (χ0v) is 20.4. The van der Waals surface area contributed by atoms with Gasteiger partial charge in [0, 0.05) is 38.2 Å². The lowest BCUT2D eigenvalue weighted by Gasteiger charge is -2.36. The number of halogens is 1. The molecule has 0 spiro atoms. The minimum absolute atomic E-state index is 0.0251. The summed E-state index contributed by atoms with van der Waals surface area (Å²) in [6, 6.07) is 9.99. The van der Waals surface area contributed by atoms with Crippen molar-refractivity contribution in [1.82, 2.24) is 15.1 Å². The number of hydrogen-bond donors (Lipinski definition) is 1. The minimum Gasteiger partial charge on any atom is -0.497 e. The number of amides is 3. The molecule has 0 saturated carbocycles. The maximum absolute atomic E-state index is 13.4. The van der Waals surface area contributed by atoms with Crippen LogP contribution in [-0.2, 0) is 19.4 Å². The molecule has 2 aromatic carbocycles. The minimum atomic E-state index is -4.42. The van der Waals surface area contributed by atoms with E-state index in [-0.39, 0.29) is 42.5 Å². The number of carbonyl (C=O) groups is 3. The molecule has 0 aromatic heterocycles. The Morgan fingerprint density at radius 1 is 0.971 bits per heavy atom.